The van der Waals surface area contributed by atoms with Crippen molar-refractivity contribution in [2.24, 2.45) is 5.14 Å². The van der Waals surface area contributed by atoms with Gasteiger partial charge in [0.05, 0.1) is 0 Å². The van der Waals surface area contributed by atoms with Crippen molar-refractivity contribution >= 4 is 21.7 Å². The Morgan fingerprint density at radius 1 is 1.35 bits per heavy atom. The quantitative estimate of drug-likeness (QED) is 0.891. The summed E-state index contributed by atoms with van der Waals surface area (Å²) in [5, 5.41) is 4.93. The Balaban J connectivity index is 2.14. The summed E-state index contributed by atoms with van der Waals surface area (Å²) in [5.74, 6) is -0.915. The summed E-state index contributed by atoms with van der Waals surface area (Å²) in [6, 6.07) is 3.69. The number of nitrogens with two attached hydrogens (primary N) is 1. The van der Waals surface area contributed by atoms with E-state index in [0.717, 1.165) is 17.7 Å². The van der Waals surface area contributed by atoms with Gasteiger partial charge in [0.1, 0.15) is 16.3 Å². The van der Waals surface area contributed by atoms with E-state index in [1.807, 2.05) is 0 Å². The van der Waals surface area contributed by atoms with Crippen molar-refractivity contribution in [2.45, 2.75) is 31.3 Å². The van der Waals surface area contributed by atoms with E-state index in [4.69, 9.17) is 9.88 Å². The van der Waals surface area contributed by atoms with Crippen molar-refractivity contribution in [3.05, 3.63) is 35.7 Å². The van der Waals surface area contributed by atoms with Gasteiger partial charge in [0.25, 0.3) is 0 Å². The third kappa shape index (κ3) is 4.29. The SMILES string of the molecule is CC(C)(C)OC(=O)N1CC=C(c2ccc(S(N)(=O)=O)c(F)c2)C1. The van der Waals surface area contributed by atoms with Crippen LogP contribution >= 0.6 is 0 Å². The summed E-state index contributed by atoms with van der Waals surface area (Å²) in [5.41, 5.74) is 0.625. The first-order valence-electron chi connectivity index (χ1n) is 6.97. The number of hydrogen-bond acceptors (Lipinski definition) is 4. The van der Waals surface area contributed by atoms with Crippen LogP contribution in [-0.4, -0.2) is 38.1 Å². The minimum absolute atomic E-state index is 0.267. The van der Waals surface area contributed by atoms with E-state index in [2.05, 4.69) is 0 Å². The number of benzene rings is 1. The van der Waals surface area contributed by atoms with Gasteiger partial charge in [0, 0.05) is 13.1 Å². The van der Waals surface area contributed by atoms with Crippen molar-refractivity contribution in [2.75, 3.05) is 13.1 Å². The number of sulfonamides is 1. The molecule has 1 aliphatic heterocycles. The smallest absolute Gasteiger partial charge is 0.410 e. The Hall–Kier alpha value is -1.93. The van der Waals surface area contributed by atoms with Crippen LogP contribution < -0.4 is 5.14 Å². The van der Waals surface area contributed by atoms with E-state index in [1.54, 1.807) is 26.8 Å². The molecule has 0 atom stereocenters. The van der Waals surface area contributed by atoms with Gasteiger partial charge in [-0.25, -0.2) is 22.7 Å². The Kier molecular flexibility index (Phi) is 4.50. The highest BCUT2D eigenvalue weighted by molar-refractivity contribution is 7.89. The minimum Gasteiger partial charge on any atom is -0.444 e. The van der Waals surface area contributed by atoms with Gasteiger partial charge in [0.15, 0.2) is 0 Å². The number of nitrogens with zero attached hydrogens (tertiary/aromatic N) is 1. The molecule has 0 radical (unpaired) electrons. The topological polar surface area (TPSA) is 89.7 Å². The molecular weight excluding hydrogens is 323 g/mol. The second kappa shape index (κ2) is 5.93. The summed E-state index contributed by atoms with van der Waals surface area (Å²) < 4.78 is 41.6. The van der Waals surface area contributed by atoms with Gasteiger partial charge in [-0.1, -0.05) is 12.1 Å². The molecule has 0 saturated carbocycles. The van der Waals surface area contributed by atoms with Gasteiger partial charge in [-0.05, 0) is 44.0 Å². The van der Waals surface area contributed by atoms with Crippen LogP contribution in [0.25, 0.3) is 5.57 Å². The van der Waals surface area contributed by atoms with Crippen LogP contribution in [-0.2, 0) is 14.8 Å². The molecule has 1 aromatic rings. The molecule has 0 saturated heterocycles. The molecule has 2 rings (SSSR count). The maximum atomic E-state index is 13.9. The van der Waals surface area contributed by atoms with Gasteiger partial charge < -0.3 is 9.64 Å². The Labute approximate surface area is 134 Å². The van der Waals surface area contributed by atoms with Gasteiger partial charge in [-0.2, -0.15) is 0 Å². The zero-order chi connectivity index (χ0) is 17.4. The fourth-order valence-corrected chi connectivity index (χ4v) is 2.75. The van der Waals surface area contributed by atoms with E-state index in [-0.39, 0.29) is 6.54 Å². The van der Waals surface area contributed by atoms with Crippen LogP contribution in [0, 0.1) is 5.82 Å². The highest BCUT2D eigenvalue weighted by atomic mass is 32.2. The number of ether oxygens (including phenoxy) is 1. The highest BCUT2D eigenvalue weighted by Gasteiger charge is 2.26. The summed E-state index contributed by atoms with van der Waals surface area (Å²) in [4.78, 5) is 12.9. The average Bonchev–Trinajstić information content (AvgIpc) is 2.84. The molecular formula is C15H19FN2O4S. The molecule has 0 bridgehead atoms. The monoisotopic (exact) mass is 342 g/mol. The first-order valence-corrected chi connectivity index (χ1v) is 8.52. The lowest BCUT2D eigenvalue weighted by atomic mass is 10.1. The lowest BCUT2D eigenvalue weighted by Gasteiger charge is -2.24. The maximum absolute atomic E-state index is 13.9. The van der Waals surface area contributed by atoms with Crippen molar-refractivity contribution in [1.82, 2.24) is 4.90 Å². The van der Waals surface area contributed by atoms with Gasteiger partial charge >= 0.3 is 6.09 Å². The maximum Gasteiger partial charge on any atom is 0.410 e. The van der Waals surface area contributed by atoms with Gasteiger partial charge in [-0.3, -0.25) is 0 Å². The molecule has 1 aliphatic rings. The zero-order valence-corrected chi connectivity index (χ0v) is 14.0. The lowest BCUT2D eigenvalue weighted by molar-refractivity contribution is 0.0306. The molecule has 1 amide bonds. The zero-order valence-electron chi connectivity index (χ0n) is 13.2. The molecule has 0 aliphatic carbocycles. The minimum atomic E-state index is -4.10. The Bertz CT molecular complexity index is 766. The first-order chi connectivity index (χ1) is 10.5. The molecule has 0 aromatic heterocycles. The molecule has 6 nitrogen and oxygen atoms in total. The standard InChI is InChI=1S/C15H19FN2O4S/c1-15(2,3)22-14(19)18-7-6-11(9-18)10-4-5-13(12(16)8-10)23(17,20)21/h4-6,8H,7,9H2,1-3H3,(H2,17,20,21). The van der Waals surface area contributed by atoms with E-state index in [0.29, 0.717) is 12.1 Å². The number of rotatable bonds is 2. The predicted octanol–water partition coefficient (Wildman–Crippen LogP) is 2.11. The van der Waals surface area contributed by atoms with Gasteiger partial charge in [0.2, 0.25) is 10.0 Å². The summed E-state index contributed by atoms with van der Waals surface area (Å²) >= 11 is 0. The number of primary sulfonamides is 1. The van der Waals surface area contributed by atoms with Crippen LogP contribution in [0.3, 0.4) is 0 Å². The Morgan fingerprint density at radius 3 is 2.52 bits per heavy atom. The second-order valence-corrected chi connectivity index (χ2v) is 7.81. The summed E-state index contributed by atoms with van der Waals surface area (Å²) in [6.45, 7) is 5.94. The van der Waals surface area contributed by atoms with Crippen molar-refractivity contribution in [3.63, 3.8) is 0 Å². The lowest BCUT2D eigenvalue weighted by Crippen LogP contribution is -2.35. The van der Waals surface area contributed by atoms with E-state index in [9.17, 15) is 17.6 Å². The van der Waals surface area contributed by atoms with Crippen molar-refractivity contribution < 1.29 is 22.3 Å². The fourth-order valence-electron chi connectivity index (χ4n) is 2.16. The molecule has 1 heterocycles. The van der Waals surface area contributed by atoms with E-state index in [1.165, 1.54) is 11.0 Å². The van der Waals surface area contributed by atoms with E-state index >= 15 is 0 Å². The van der Waals surface area contributed by atoms with E-state index < -0.39 is 32.4 Å². The third-order valence-corrected chi connectivity index (χ3v) is 4.12. The average molecular weight is 342 g/mol. The third-order valence-electron chi connectivity index (χ3n) is 3.18. The number of halogens is 1. The number of carbonyl (C=O) groups is 1. The molecule has 2 N–H and O–H groups in total. The predicted molar refractivity (Wildman–Crippen MR) is 83.6 cm³/mol. The van der Waals surface area contributed by atoms with Crippen molar-refractivity contribution in [1.29, 1.82) is 0 Å². The number of carbonyl (C=O) groups excluding carboxylic acids is 1. The van der Waals surface area contributed by atoms with Crippen LogP contribution in [0.2, 0.25) is 0 Å². The molecule has 0 fully saturated rings. The first kappa shape index (κ1) is 17.4. The number of hydrogen-bond donors (Lipinski definition) is 1. The molecule has 23 heavy (non-hydrogen) atoms. The molecule has 0 spiro atoms. The molecule has 126 valence electrons. The highest BCUT2D eigenvalue weighted by Crippen LogP contribution is 2.25. The van der Waals surface area contributed by atoms with Crippen LogP contribution in [0.5, 0.6) is 0 Å². The Morgan fingerprint density at radius 2 is 2.00 bits per heavy atom. The van der Waals surface area contributed by atoms with Crippen LogP contribution in [0.1, 0.15) is 26.3 Å². The van der Waals surface area contributed by atoms with Gasteiger partial charge in [-0.15, -0.1) is 0 Å². The largest absolute Gasteiger partial charge is 0.444 e. The molecule has 1 aromatic carbocycles. The van der Waals surface area contributed by atoms with Crippen molar-refractivity contribution in [3.8, 4) is 0 Å². The van der Waals surface area contributed by atoms with Crippen LogP contribution in [0.4, 0.5) is 9.18 Å². The summed E-state index contributed by atoms with van der Waals surface area (Å²) in [7, 11) is -4.10. The normalized spacial score (nSPS) is 15.5. The number of amides is 1. The molecule has 8 heteroatoms. The fraction of sp³-hybridized carbons (Fsp3) is 0.400. The van der Waals surface area contributed by atoms with Crippen LogP contribution in [0.15, 0.2) is 29.2 Å². The molecule has 0 unspecified atom stereocenters. The summed E-state index contributed by atoms with van der Waals surface area (Å²) in [6.07, 6.45) is 1.32. The second-order valence-electron chi connectivity index (χ2n) is 6.28.